The van der Waals surface area contributed by atoms with Crippen LogP contribution in [0.5, 0.6) is 17.2 Å². The van der Waals surface area contributed by atoms with Gasteiger partial charge in [-0.15, -0.1) is 0 Å². The summed E-state index contributed by atoms with van der Waals surface area (Å²) >= 11 is 0. The smallest absolute Gasteiger partial charge is 0.307 e. The topological polar surface area (TPSA) is 125 Å². The van der Waals surface area contributed by atoms with Crippen molar-refractivity contribution in [2.24, 2.45) is 5.10 Å². The summed E-state index contributed by atoms with van der Waals surface area (Å²) in [5.41, 5.74) is 3.09. The lowest BCUT2D eigenvalue weighted by molar-refractivity contribution is -0.384. The number of fused-ring (bicyclic) bond motifs is 1. The van der Waals surface area contributed by atoms with Crippen LogP contribution in [0, 0.1) is 10.1 Å². The molecule has 0 unspecified atom stereocenters. The van der Waals surface area contributed by atoms with Crippen LogP contribution in [0.4, 0.5) is 5.69 Å². The highest BCUT2D eigenvalue weighted by Crippen LogP contribution is 2.32. The first-order valence-electron chi connectivity index (χ1n) is 8.28. The molecule has 0 spiro atoms. The minimum atomic E-state index is -0.619. The summed E-state index contributed by atoms with van der Waals surface area (Å²) in [5.74, 6) is 0.764. The number of nitrogens with one attached hydrogen (secondary N) is 1. The highest BCUT2D eigenvalue weighted by Gasteiger charge is 2.15. The molecule has 29 heavy (non-hydrogen) atoms. The number of hydrazone groups is 1. The number of rotatable bonds is 7. The fraction of sp³-hybridized carbons (Fsp3) is 0.158. The average molecular weight is 399 g/mol. The van der Waals surface area contributed by atoms with Gasteiger partial charge in [0.15, 0.2) is 5.76 Å². The van der Waals surface area contributed by atoms with E-state index in [0.29, 0.717) is 33.8 Å². The molecule has 0 aliphatic carbocycles. The predicted octanol–water partition coefficient (Wildman–Crippen LogP) is 3.13. The van der Waals surface area contributed by atoms with Crippen LogP contribution >= 0.6 is 0 Å². The number of nitro benzene ring substituents is 1. The van der Waals surface area contributed by atoms with E-state index in [-0.39, 0.29) is 11.4 Å². The molecule has 1 N–H and O–H groups in total. The van der Waals surface area contributed by atoms with Crippen molar-refractivity contribution < 1.29 is 28.3 Å². The quantitative estimate of drug-likeness (QED) is 0.367. The van der Waals surface area contributed by atoms with Crippen LogP contribution < -0.4 is 19.6 Å². The zero-order chi connectivity index (χ0) is 21.0. The normalized spacial score (nSPS) is 10.9. The highest BCUT2D eigenvalue weighted by molar-refractivity contribution is 5.97. The van der Waals surface area contributed by atoms with Crippen LogP contribution in [0.2, 0.25) is 0 Å². The van der Waals surface area contributed by atoms with Gasteiger partial charge >= 0.3 is 5.91 Å². The lowest BCUT2D eigenvalue weighted by Crippen LogP contribution is -2.16. The van der Waals surface area contributed by atoms with E-state index in [1.807, 2.05) is 0 Å². The van der Waals surface area contributed by atoms with Gasteiger partial charge in [-0.3, -0.25) is 14.9 Å². The molecule has 1 amide bonds. The Hall–Kier alpha value is -4.08. The van der Waals surface area contributed by atoms with Crippen LogP contribution in [-0.4, -0.2) is 38.4 Å². The lowest BCUT2D eigenvalue weighted by Gasteiger charge is -2.12. The van der Waals surface area contributed by atoms with E-state index < -0.39 is 10.8 Å². The van der Waals surface area contributed by atoms with Gasteiger partial charge in [-0.2, -0.15) is 5.10 Å². The van der Waals surface area contributed by atoms with Crippen molar-refractivity contribution in [2.75, 3.05) is 21.3 Å². The fourth-order valence-electron chi connectivity index (χ4n) is 2.63. The van der Waals surface area contributed by atoms with E-state index >= 15 is 0 Å². The van der Waals surface area contributed by atoms with Crippen LogP contribution in [-0.2, 0) is 0 Å². The minimum Gasteiger partial charge on any atom is -0.496 e. The molecule has 10 heteroatoms. The highest BCUT2D eigenvalue weighted by atomic mass is 16.6. The number of methoxy groups -OCH3 is 3. The Kier molecular flexibility index (Phi) is 5.63. The van der Waals surface area contributed by atoms with Crippen molar-refractivity contribution in [3.05, 3.63) is 57.8 Å². The third-order valence-electron chi connectivity index (χ3n) is 4.05. The Morgan fingerprint density at radius 1 is 1.10 bits per heavy atom. The second kappa shape index (κ2) is 8.30. The number of non-ortho nitro benzene ring substituents is 1. The van der Waals surface area contributed by atoms with Crippen LogP contribution in [0.3, 0.4) is 0 Å². The molecule has 0 saturated heterocycles. The van der Waals surface area contributed by atoms with Gasteiger partial charge in [0.1, 0.15) is 22.8 Å². The Labute approximate surface area is 164 Å². The molecule has 150 valence electrons. The van der Waals surface area contributed by atoms with Gasteiger partial charge in [0, 0.05) is 29.7 Å². The van der Waals surface area contributed by atoms with E-state index in [1.54, 1.807) is 12.1 Å². The molecule has 0 saturated carbocycles. The predicted molar refractivity (Wildman–Crippen MR) is 104 cm³/mol. The number of nitrogens with zero attached hydrogens (tertiary/aromatic N) is 2. The van der Waals surface area contributed by atoms with Crippen LogP contribution in [0.25, 0.3) is 11.0 Å². The minimum absolute atomic E-state index is 0.0358. The van der Waals surface area contributed by atoms with Crippen molar-refractivity contribution in [3.63, 3.8) is 0 Å². The molecule has 3 rings (SSSR count). The second-order valence-corrected chi connectivity index (χ2v) is 5.73. The van der Waals surface area contributed by atoms with Crippen molar-refractivity contribution in [3.8, 4) is 17.2 Å². The summed E-state index contributed by atoms with van der Waals surface area (Å²) in [7, 11) is 4.49. The van der Waals surface area contributed by atoms with E-state index in [1.165, 1.54) is 51.8 Å². The monoisotopic (exact) mass is 399 g/mol. The van der Waals surface area contributed by atoms with Gasteiger partial charge < -0.3 is 18.6 Å². The van der Waals surface area contributed by atoms with E-state index in [4.69, 9.17) is 18.6 Å². The zero-order valence-electron chi connectivity index (χ0n) is 15.8. The molecule has 10 nitrogen and oxygen atoms in total. The summed E-state index contributed by atoms with van der Waals surface area (Å²) in [5, 5.41) is 15.2. The Balaban J connectivity index is 1.81. The fourth-order valence-corrected chi connectivity index (χ4v) is 2.63. The molecule has 1 heterocycles. The number of benzene rings is 2. The van der Waals surface area contributed by atoms with Gasteiger partial charge in [0.25, 0.3) is 5.69 Å². The molecular formula is C19H17N3O7. The SMILES string of the molecule is COc1cc(OC)c(/C=N\NC(=O)c2cc3cc([N+](=O)[O-])ccc3o2)c(OC)c1. The third kappa shape index (κ3) is 4.10. The number of nitro groups is 1. The maximum absolute atomic E-state index is 12.3. The van der Waals surface area contributed by atoms with Gasteiger partial charge in [-0.25, -0.2) is 5.43 Å². The average Bonchev–Trinajstić information content (AvgIpc) is 3.16. The number of carbonyl (C=O) groups is 1. The maximum atomic E-state index is 12.3. The molecular weight excluding hydrogens is 382 g/mol. The van der Waals surface area contributed by atoms with E-state index in [0.717, 1.165) is 0 Å². The van der Waals surface area contributed by atoms with Gasteiger partial charge in [0.2, 0.25) is 0 Å². The van der Waals surface area contributed by atoms with Crippen LogP contribution in [0.1, 0.15) is 16.1 Å². The van der Waals surface area contributed by atoms with Crippen molar-refractivity contribution in [2.45, 2.75) is 0 Å². The summed E-state index contributed by atoms with van der Waals surface area (Å²) < 4.78 is 21.2. The summed E-state index contributed by atoms with van der Waals surface area (Å²) in [6, 6.07) is 8.76. The molecule has 2 aromatic carbocycles. The standard InChI is InChI=1S/C19H17N3O7/c1-26-13-8-16(27-2)14(17(9-13)28-3)10-20-21-19(23)18-7-11-6-12(22(24)25)4-5-15(11)29-18/h4-10H,1-3H3,(H,21,23)/b20-10-. The molecule has 0 fully saturated rings. The van der Waals surface area contributed by atoms with Gasteiger partial charge in [0.05, 0.1) is 38.0 Å². The van der Waals surface area contributed by atoms with Crippen molar-refractivity contribution in [1.82, 2.24) is 5.43 Å². The maximum Gasteiger partial charge on any atom is 0.307 e. The van der Waals surface area contributed by atoms with Crippen LogP contribution in [0.15, 0.2) is 45.9 Å². The van der Waals surface area contributed by atoms with Crippen molar-refractivity contribution >= 4 is 28.8 Å². The lowest BCUT2D eigenvalue weighted by atomic mass is 10.2. The number of hydrogen-bond donors (Lipinski definition) is 1. The second-order valence-electron chi connectivity index (χ2n) is 5.73. The summed E-state index contributed by atoms with van der Waals surface area (Å²) in [4.78, 5) is 22.6. The van der Waals surface area contributed by atoms with E-state index in [9.17, 15) is 14.9 Å². The van der Waals surface area contributed by atoms with Crippen molar-refractivity contribution in [1.29, 1.82) is 0 Å². The van der Waals surface area contributed by atoms with Gasteiger partial charge in [-0.1, -0.05) is 0 Å². The Bertz CT molecular complexity index is 1080. The van der Waals surface area contributed by atoms with Gasteiger partial charge in [-0.05, 0) is 12.1 Å². The summed E-state index contributed by atoms with van der Waals surface area (Å²) in [6.45, 7) is 0. The molecule has 0 aliphatic heterocycles. The first-order chi connectivity index (χ1) is 14.0. The zero-order valence-corrected chi connectivity index (χ0v) is 15.8. The molecule has 0 aliphatic rings. The molecule has 0 radical (unpaired) electrons. The molecule has 3 aromatic rings. The number of hydrogen-bond acceptors (Lipinski definition) is 8. The van der Waals surface area contributed by atoms with E-state index in [2.05, 4.69) is 10.5 Å². The first kappa shape index (κ1) is 19.7. The first-order valence-corrected chi connectivity index (χ1v) is 8.28. The molecule has 0 atom stereocenters. The largest absolute Gasteiger partial charge is 0.496 e. The summed E-state index contributed by atoms with van der Waals surface area (Å²) in [6.07, 6.45) is 1.36. The number of ether oxygens (including phenoxy) is 3. The molecule has 1 aromatic heterocycles. The third-order valence-corrected chi connectivity index (χ3v) is 4.05. The Morgan fingerprint density at radius 2 is 1.79 bits per heavy atom. The number of carbonyl (C=O) groups excluding carboxylic acids is 1. The Morgan fingerprint density at radius 3 is 2.38 bits per heavy atom. The number of furan rings is 1. The number of amides is 1. The molecule has 0 bridgehead atoms.